The van der Waals surface area contributed by atoms with E-state index in [1.165, 1.54) is 0 Å². The van der Waals surface area contributed by atoms with Gasteiger partial charge in [-0.25, -0.2) is 0 Å². The molecule has 0 aliphatic heterocycles. The van der Waals surface area contributed by atoms with Gasteiger partial charge in [-0.15, -0.1) is 0 Å². The molecule has 1 aromatic rings. The fraction of sp³-hybridized carbons (Fsp3) is 0.333. The molecule has 0 aromatic heterocycles. The van der Waals surface area contributed by atoms with Crippen LogP contribution in [-0.4, -0.2) is 11.8 Å². The van der Waals surface area contributed by atoms with Crippen LogP contribution in [0.15, 0.2) is 28.7 Å². The van der Waals surface area contributed by atoms with Crippen LogP contribution in [0.3, 0.4) is 0 Å². The maximum Gasteiger partial charge on any atom is 0.270 e. The molecule has 1 fully saturated rings. The van der Waals surface area contributed by atoms with Crippen LogP contribution >= 0.6 is 15.9 Å². The molecule has 0 heterocycles. The summed E-state index contributed by atoms with van der Waals surface area (Å²) in [6, 6.07) is 7.07. The van der Waals surface area contributed by atoms with Gasteiger partial charge in [-0.05, 0) is 40.9 Å². The molecule has 1 saturated carbocycles. The van der Waals surface area contributed by atoms with Crippen molar-refractivity contribution >= 4 is 27.7 Å². The standard InChI is InChI=1S/C12H13BrN2O2/c13-10-7-2-1-6-9(10)12(17)15-14-11(16)8-4-3-5-8/h1-2,6-8H,3-5H2,(H,14,16)(H,15,17). The molecule has 0 radical (unpaired) electrons. The number of amides is 2. The SMILES string of the molecule is O=C(NNC(=O)C1CCC1)c1ccccc1Br. The minimum Gasteiger partial charge on any atom is -0.273 e. The molecule has 0 bridgehead atoms. The molecule has 2 amide bonds. The number of benzene rings is 1. The minimum absolute atomic E-state index is 0.0644. The van der Waals surface area contributed by atoms with Gasteiger partial charge in [0.25, 0.3) is 5.91 Å². The molecule has 5 heteroatoms. The summed E-state index contributed by atoms with van der Waals surface area (Å²) in [6.45, 7) is 0. The van der Waals surface area contributed by atoms with E-state index in [9.17, 15) is 9.59 Å². The highest BCUT2D eigenvalue weighted by molar-refractivity contribution is 9.10. The highest BCUT2D eigenvalue weighted by atomic mass is 79.9. The fourth-order valence-corrected chi connectivity index (χ4v) is 2.07. The van der Waals surface area contributed by atoms with E-state index in [0.29, 0.717) is 10.0 Å². The van der Waals surface area contributed by atoms with Crippen molar-refractivity contribution in [3.8, 4) is 0 Å². The maximum absolute atomic E-state index is 11.7. The molecule has 2 rings (SSSR count). The molecule has 1 aliphatic rings. The quantitative estimate of drug-likeness (QED) is 0.820. The first-order valence-corrected chi connectivity index (χ1v) is 6.32. The lowest BCUT2D eigenvalue weighted by Gasteiger charge is -2.24. The molecule has 0 atom stereocenters. The zero-order valence-electron chi connectivity index (χ0n) is 9.20. The number of rotatable bonds is 2. The van der Waals surface area contributed by atoms with Crippen molar-refractivity contribution < 1.29 is 9.59 Å². The van der Waals surface area contributed by atoms with E-state index in [4.69, 9.17) is 0 Å². The average molecular weight is 297 g/mol. The first-order chi connectivity index (χ1) is 8.18. The Balaban J connectivity index is 1.89. The van der Waals surface area contributed by atoms with E-state index in [-0.39, 0.29) is 17.7 Å². The average Bonchev–Trinajstić information content (AvgIpc) is 2.24. The molecule has 90 valence electrons. The highest BCUT2D eigenvalue weighted by Gasteiger charge is 2.25. The number of halogens is 1. The van der Waals surface area contributed by atoms with Crippen molar-refractivity contribution in [2.24, 2.45) is 5.92 Å². The number of carbonyl (C=O) groups is 2. The summed E-state index contributed by atoms with van der Waals surface area (Å²) < 4.78 is 0.704. The number of hydrogen-bond acceptors (Lipinski definition) is 2. The van der Waals surface area contributed by atoms with Crippen molar-refractivity contribution in [3.63, 3.8) is 0 Å². The topological polar surface area (TPSA) is 58.2 Å². The second kappa shape index (κ2) is 5.31. The van der Waals surface area contributed by atoms with Crippen LogP contribution in [0.1, 0.15) is 29.6 Å². The first-order valence-electron chi connectivity index (χ1n) is 5.53. The van der Waals surface area contributed by atoms with Crippen molar-refractivity contribution in [2.75, 3.05) is 0 Å². The third kappa shape index (κ3) is 2.85. The molecule has 2 N–H and O–H groups in total. The van der Waals surface area contributed by atoms with Crippen LogP contribution in [0.2, 0.25) is 0 Å². The molecule has 0 saturated heterocycles. The summed E-state index contributed by atoms with van der Waals surface area (Å²) in [5.41, 5.74) is 5.37. The van der Waals surface area contributed by atoms with E-state index in [1.54, 1.807) is 18.2 Å². The molecular weight excluding hydrogens is 284 g/mol. The lowest BCUT2D eigenvalue weighted by Crippen LogP contribution is -2.46. The van der Waals surface area contributed by atoms with Gasteiger partial charge in [-0.2, -0.15) is 0 Å². The van der Waals surface area contributed by atoms with E-state index in [0.717, 1.165) is 19.3 Å². The smallest absolute Gasteiger partial charge is 0.270 e. The second-order valence-electron chi connectivity index (χ2n) is 4.05. The van der Waals surface area contributed by atoms with Gasteiger partial charge < -0.3 is 0 Å². The molecule has 1 aliphatic carbocycles. The van der Waals surface area contributed by atoms with Crippen molar-refractivity contribution in [2.45, 2.75) is 19.3 Å². The van der Waals surface area contributed by atoms with Crippen molar-refractivity contribution in [1.82, 2.24) is 10.9 Å². The number of carbonyl (C=O) groups excluding carboxylic acids is 2. The Morgan fingerprint density at radius 3 is 2.47 bits per heavy atom. The van der Waals surface area contributed by atoms with Gasteiger partial charge in [-0.3, -0.25) is 20.4 Å². The molecule has 1 aromatic carbocycles. The Morgan fingerprint density at radius 2 is 1.88 bits per heavy atom. The maximum atomic E-state index is 11.7. The van der Waals surface area contributed by atoms with E-state index >= 15 is 0 Å². The van der Waals surface area contributed by atoms with Crippen LogP contribution in [0.5, 0.6) is 0 Å². The lowest BCUT2D eigenvalue weighted by atomic mass is 9.85. The Labute approximate surface area is 108 Å². The van der Waals surface area contributed by atoms with Gasteiger partial charge in [0.2, 0.25) is 5.91 Å². The van der Waals surface area contributed by atoms with Gasteiger partial charge in [0.05, 0.1) is 5.56 Å². The molecular formula is C12H13BrN2O2. The third-order valence-corrected chi connectivity index (χ3v) is 3.59. The van der Waals surface area contributed by atoms with Gasteiger partial charge in [0.15, 0.2) is 0 Å². The predicted molar refractivity (Wildman–Crippen MR) is 67.1 cm³/mol. The number of hydrogen-bond donors (Lipinski definition) is 2. The van der Waals surface area contributed by atoms with Crippen LogP contribution < -0.4 is 10.9 Å². The molecule has 0 spiro atoms. The number of nitrogens with one attached hydrogen (secondary N) is 2. The van der Waals surface area contributed by atoms with Crippen LogP contribution in [0.25, 0.3) is 0 Å². The first kappa shape index (κ1) is 12.1. The highest BCUT2D eigenvalue weighted by Crippen LogP contribution is 2.25. The lowest BCUT2D eigenvalue weighted by molar-refractivity contribution is -0.128. The fourth-order valence-electron chi connectivity index (χ4n) is 1.60. The Bertz CT molecular complexity index is 444. The zero-order chi connectivity index (χ0) is 12.3. The summed E-state index contributed by atoms with van der Waals surface area (Å²) in [4.78, 5) is 23.3. The summed E-state index contributed by atoms with van der Waals surface area (Å²) in [6.07, 6.45) is 2.92. The third-order valence-electron chi connectivity index (χ3n) is 2.89. The molecule has 4 nitrogen and oxygen atoms in total. The van der Waals surface area contributed by atoms with Gasteiger partial charge in [-0.1, -0.05) is 18.6 Å². The van der Waals surface area contributed by atoms with Crippen molar-refractivity contribution in [1.29, 1.82) is 0 Å². The second-order valence-corrected chi connectivity index (χ2v) is 4.91. The Morgan fingerprint density at radius 1 is 1.18 bits per heavy atom. The number of hydrazine groups is 1. The van der Waals surface area contributed by atoms with Crippen LogP contribution in [0.4, 0.5) is 0 Å². The Kier molecular flexibility index (Phi) is 3.78. The largest absolute Gasteiger partial charge is 0.273 e. The van der Waals surface area contributed by atoms with E-state index < -0.39 is 0 Å². The van der Waals surface area contributed by atoms with Crippen LogP contribution in [0, 0.1) is 5.92 Å². The monoisotopic (exact) mass is 296 g/mol. The van der Waals surface area contributed by atoms with Crippen LogP contribution in [-0.2, 0) is 4.79 Å². The normalized spacial score (nSPS) is 14.9. The van der Waals surface area contributed by atoms with E-state index in [1.807, 2.05) is 6.07 Å². The van der Waals surface area contributed by atoms with Gasteiger partial charge in [0, 0.05) is 10.4 Å². The Hall–Kier alpha value is -1.36. The van der Waals surface area contributed by atoms with E-state index in [2.05, 4.69) is 26.8 Å². The zero-order valence-corrected chi connectivity index (χ0v) is 10.8. The predicted octanol–water partition coefficient (Wildman–Crippen LogP) is 2.01. The molecule has 0 unspecified atom stereocenters. The summed E-state index contributed by atoms with van der Waals surface area (Å²) in [5, 5.41) is 0. The van der Waals surface area contributed by atoms with Crippen molar-refractivity contribution in [3.05, 3.63) is 34.3 Å². The van der Waals surface area contributed by atoms with Gasteiger partial charge in [0.1, 0.15) is 0 Å². The summed E-state index contributed by atoms with van der Waals surface area (Å²) in [7, 11) is 0. The summed E-state index contributed by atoms with van der Waals surface area (Å²) in [5.74, 6) is -0.351. The molecule has 17 heavy (non-hydrogen) atoms. The summed E-state index contributed by atoms with van der Waals surface area (Å²) >= 11 is 3.28. The van der Waals surface area contributed by atoms with Gasteiger partial charge >= 0.3 is 0 Å². The minimum atomic E-state index is -0.315.